The highest BCUT2D eigenvalue weighted by Gasteiger charge is 2.29. The van der Waals surface area contributed by atoms with Crippen LogP contribution in [0.25, 0.3) is 11.1 Å². The number of benzene rings is 3. The van der Waals surface area contributed by atoms with Crippen LogP contribution in [0.1, 0.15) is 47.6 Å². The van der Waals surface area contributed by atoms with E-state index < -0.39 is 18.3 Å². The predicted octanol–water partition coefficient (Wildman–Crippen LogP) is 4.57. The molecule has 3 aromatic carbocycles. The minimum Gasteiger partial charge on any atom is -0.449 e. The third-order valence-electron chi connectivity index (χ3n) is 6.12. The summed E-state index contributed by atoms with van der Waals surface area (Å²) >= 11 is 0. The molecule has 0 bridgehead atoms. The van der Waals surface area contributed by atoms with E-state index in [-0.39, 0.29) is 25.5 Å². The van der Waals surface area contributed by atoms with Gasteiger partial charge in [0.25, 0.3) is 0 Å². The maximum Gasteiger partial charge on any atom is 0.407 e. The number of aryl methyl sites for hydroxylation is 1. The molecule has 0 fully saturated rings. The molecule has 1 aliphatic carbocycles. The second kappa shape index (κ2) is 9.98. The van der Waals surface area contributed by atoms with Crippen molar-refractivity contribution in [3.8, 4) is 11.1 Å². The summed E-state index contributed by atoms with van der Waals surface area (Å²) in [7, 11) is 0. The first-order chi connectivity index (χ1) is 15.6. The van der Waals surface area contributed by atoms with Crippen LogP contribution in [-0.2, 0) is 11.2 Å². The summed E-state index contributed by atoms with van der Waals surface area (Å²) < 4.78 is 5.50. The summed E-state index contributed by atoms with van der Waals surface area (Å²) in [6.07, 6.45) is -1.41. The first kappa shape index (κ1) is 22.1. The fraction of sp³-hybridized carbons (Fsp3) is 0.296. The third kappa shape index (κ3) is 4.69. The number of hydrogen-bond acceptors (Lipinski definition) is 4. The van der Waals surface area contributed by atoms with Crippen LogP contribution in [0.3, 0.4) is 0 Å². The maximum absolute atomic E-state index is 12.3. The fourth-order valence-corrected chi connectivity index (χ4v) is 4.35. The molecule has 0 aromatic heterocycles. The zero-order valence-corrected chi connectivity index (χ0v) is 18.2. The van der Waals surface area contributed by atoms with Gasteiger partial charge in [0.1, 0.15) is 12.7 Å². The zero-order chi connectivity index (χ0) is 22.5. The highest BCUT2D eigenvalue weighted by molar-refractivity contribution is 5.79. The number of fused-ring (bicyclic) bond motifs is 3. The molecule has 2 atom stereocenters. The predicted molar refractivity (Wildman–Crippen MR) is 124 cm³/mol. The number of carbonyl (C=O) groups excluding carboxylic acids is 1. The Kier molecular flexibility index (Phi) is 6.88. The van der Waals surface area contributed by atoms with Crippen LogP contribution in [0.2, 0.25) is 0 Å². The second-order valence-corrected chi connectivity index (χ2v) is 8.15. The van der Waals surface area contributed by atoms with Gasteiger partial charge in [0.05, 0.1) is 6.10 Å². The molecule has 5 nitrogen and oxygen atoms in total. The topological polar surface area (TPSA) is 78.8 Å². The molecule has 1 aliphatic rings. The Balaban J connectivity index is 1.28. The van der Waals surface area contributed by atoms with Crippen LogP contribution in [0.15, 0.2) is 72.8 Å². The van der Waals surface area contributed by atoms with Crippen molar-refractivity contribution >= 4 is 6.09 Å². The van der Waals surface area contributed by atoms with Crippen molar-refractivity contribution in [3.05, 3.63) is 95.1 Å². The number of ether oxygens (including phenoxy) is 1. The molecule has 2 unspecified atom stereocenters. The number of carbonyl (C=O) groups is 1. The van der Waals surface area contributed by atoms with Gasteiger partial charge in [-0.3, -0.25) is 0 Å². The Bertz CT molecular complexity index is 1040. The van der Waals surface area contributed by atoms with Crippen LogP contribution < -0.4 is 5.32 Å². The molecule has 3 N–H and O–H groups in total. The van der Waals surface area contributed by atoms with Gasteiger partial charge in [-0.1, -0.05) is 79.7 Å². The molecule has 0 spiro atoms. The standard InChI is InChI=1S/C27H29NO4/c1-2-18-8-7-9-19(16-18)26(30)25(29)14-15-28-27(31)32-17-24-22-12-5-3-10-20(22)21-11-4-6-13-23(21)24/h3-13,16,24-26,29-30H,2,14-15,17H2,1H3,(H,28,31). The summed E-state index contributed by atoms with van der Waals surface area (Å²) in [6.45, 7) is 2.50. The fourth-order valence-electron chi connectivity index (χ4n) is 4.35. The van der Waals surface area contributed by atoms with E-state index in [4.69, 9.17) is 4.74 Å². The van der Waals surface area contributed by atoms with Crippen LogP contribution >= 0.6 is 0 Å². The van der Waals surface area contributed by atoms with Crippen molar-refractivity contribution in [1.29, 1.82) is 0 Å². The van der Waals surface area contributed by atoms with Crippen LogP contribution in [0, 0.1) is 0 Å². The van der Waals surface area contributed by atoms with Gasteiger partial charge in [0.2, 0.25) is 0 Å². The van der Waals surface area contributed by atoms with E-state index in [0.717, 1.165) is 23.1 Å². The summed E-state index contributed by atoms with van der Waals surface area (Å²) in [4.78, 5) is 12.3. The monoisotopic (exact) mass is 431 g/mol. The van der Waals surface area contributed by atoms with Gasteiger partial charge in [-0.25, -0.2) is 4.79 Å². The molecular weight excluding hydrogens is 402 g/mol. The molecule has 32 heavy (non-hydrogen) atoms. The highest BCUT2D eigenvalue weighted by atomic mass is 16.5. The van der Waals surface area contributed by atoms with Crippen LogP contribution in [0.5, 0.6) is 0 Å². The van der Waals surface area contributed by atoms with E-state index in [1.165, 1.54) is 11.1 Å². The Labute approximate surface area is 188 Å². The summed E-state index contributed by atoms with van der Waals surface area (Å²) in [5, 5.41) is 23.4. The molecule has 0 radical (unpaired) electrons. The average Bonchev–Trinajstić information content (AvgIpc) is 3.16. The minimum absolute atomic E-state index is 0.00593. The smallest absolute Gasteiger partial charge is 0.407 e. The lowest BCUT2D eigenvalue weighted by Crippen LogP contribution is -2.30. The van der Waals surface area contributed by atoms with Crippen molar-refractivity contribution in [2.45, 2.75) is 37.9 Å². The minimum atomic E-state index is -0.995. The van der Waals surface area contributed by atoms with Gasteiger partial charge in [0, 0.05) is 12.5 Å². The number of hydrogen-bond donors (Lipinski definition) is 3. The van der Waals surface area contributed by atoms with Crippen LogP contribution in [0.4, 0.5) is 4.79 Å². The molecule has 1 amide bonds. The first-order valence-corrected chi connectivity index (χ1v) is 11.1. The molecule has 0 saturated heterocycles. The molecule has 5 heteroatoms. The summed E-state index contributed by atoms with van der Waals surface area (Å²) in [5.74, 6) is 0.00593. The number of rotatable bonds is 8. The highest BCUT2D eigenvalue weighted by Crippen LogP contribution is 2.44. The molecule has 0 aliphatic heterocycles. The van der Waals surface area contributed by atoms with Crippen molar-refractivity contribution in [1.82, 2.24) is 5.32 Å². The molecule has 0 saturated carbocycles. The number of alkyl carbamates (subject to hydrolysis) is 1. The summed E-state index contributed by atoms with van der Waals surface area (Å²) in [6, 6.07) is 23.9. The number of aliphatic hydroxyl groups is 2. The molecule has 166 valence electrons. The lowest BCUT2D eigenvalue weighted by Gasteiger charge is -2.19. The third-order valence-corrected chi connectivity index (χ3v) is 6.12. The van der Waals surface area contributed by atoms with E-state index >= 15 is 0 Å². The number of nitrogens with one attached hydrogen (secondary N) is 1. The van der Waals surface area contributed by atoms with Crippen molar-refractivity contribution < 1.29 is 19.7 Å². The molecular formula is C27H29NO4. The van der Waals surface area contributed by atoms with Crippen molar-refractivity contribution in [2.75, 3.05) is 13.2 Å². The number of aliphatic hydroxyl groups excluding tert-OH is 2. The largest absolute Gasteiger partial charge is 0.449 e. The van der Waals surface area contributed by atoms with E-state index in [0.29, 0.717) is 5.56 Å². The lowest BCUT2D eigenvalue weighted by atomic mass is 9.98. The zero-order valence-electron chi connectivity index (χ0n) is 18.2. The SMILES string of the molecule is CCc1cccc(C(O)C(O)CCNC(=O)OCC2c3ccccc3-c3ccccc32)c1. The Morgan fingerprint density at radius 2 is 1.62 bits per heavy atom. The van der Waals surface area contributed by atoms with E-state index in [2.05, 4.69) is 29.6 Å². The Morgan fingerprint density at radius 3 is 2.28 bits per heavy atom. The summed E-state index contributed by atoms with van der Waals surface area (Å²) in [5.41, 5.74) is 6.47. The van der Waals surface area contributed by atoms with Gasteiger partial charge < -0.3 is 20.3 Å². The first-order valence-electron chi connectivity index (χ1n) is 11.1. The Morgan fingerprint density at radius 1 is 0.969 bits per heavy atom. The number of amides is 1. The van der Waals surface area contributed by atoms with Gasteiger partial charge in [-0.05, 0) is 46.2 Å². The van der Waals surface area contributed by atoms with Gasteiger partial charge in [0.15, 0.2) is 0 Å². The Hall–Kier alpha value is -3.15. The lowest BCUT2D eigenvalue weighted by molar-refractivity contribution is 0.0136. The quantitative estimate of drug-likeness (QED) is 0.488. The molecule has 0 heterocycles. The maximum atomic E-state index is 12.3. The van der Waals surface area contributed by atoms with Crippen LogP contribution in [-0.4, -0.2) is 35.6 Å². The average molecular weight is 432 g/mol. The van der Waals surface area contributed by atoms with Gasteiger partial charge in [-0.2, -0.15) is 0 Å². The normalized spacial score (nSPS) is 14.3. The van der Waals surface area contributed by atoms with Crippen molar-refractivity contribution in [2.24, 2.45) is 0 Å². The van der Waals surface area contributed by atoms with Gasteiger partial charge in [-0.15, -0.1) is 0 Å². The molecule has 4 rings (SSSR count). The van der Waals surface area contributed by atoms with E-state index in [1.807, 2.05) is 49.4 Å². The molecule has 3 aromatic rings. The van der Waals surface area contributed by atoms with Gasteiger partial charge >= 0.3 is 6.09 Å². The van der Waals surface area contributed by atoms with E-state index in [9.17, 15) is 15.0 Å². The van der Waals surface area contributed by atoms with Crippen molar-refractivity contribution in [3.63, 3.8) is 0 Å². The second-order valence-electron chi connectivity index (χ2n) is 8.15. The van der Waals surface area contributed by atoms with E-state index in [1.54, 1.807) is 6.07 Å².